The Morgan fingerprint density at radius 2 is 2.11 bits per heavy atom. The highest BCUT2D eigenvalue weighted by Gasteiger charge is 2.17. The van der Waals surface area contributed by atoms with E-state index in [1.54, 1.807) is 12.1 Å². The SMILES string of the molecule is CC(C)(N)CN(CCO)Cc1cc(Br)ccc1F. The van der Waals surface area contributed by atoms with E-state index in [-0.39, 0.29) is 18.0 Å². The summed E-state index contributed by atoms with van der Waals surface area (Å²) in [5.74, 6) is -0.240. The fourth-order valence-electron chi connectivity index (χ4n) is 1.84. The molecule has 0 amide bonds. The molecule has 0 aliphatic heterocycles. The van der Waals surface area contributed by atoms with Gasteiger partial charge in [-0.1, -0.05) is 15.9 Å². The molecular weight excluding hydrogens is 299 g/mol. The zero-order chi connectivity index (χ0) is 13.8. The smallest absolute Gasteiger partial charge is 0.127 e. The van der Waals surface area contributed by atoms with Crippen LogP contribution in [0, 0.1) is 5.82 Å². The van der Waals surface area contributed by atoms with Crippen LogP contribution in [-0.4, -0.2) is 35.2 Å². The van der Waals surface area contributed by atoms with E-state index < -0.39 is 0 Å². The summed E-state index contributed by atoms with van der Waals surface area (Å²) in [4.78, 5) is 1.95. The van der Waals surface area contributed by atoms with Crippen LogP contribution in [-0.2, 0) is 6.54 Å². The van der Waals surface area contributed by atoms with Crippen LogP contribution in [0.5, 0.6) is 0 Å². The third-order valence-corrected chi connectivity index (χ3v) is 2.94. The van der Waals surface area contributed by atoms with Gasteiger partial charge in [-0.25, -0.2) is 4.39 Å². The molecule has 18 heavy (non-hydrogen) atoms. The number of hydrogen-bond donors (Lipinski definition) is 2. The van der Waals surface area contributed by atoms with Crippen LogP contribution in [0.1, 0.15) is 19.4 Å². The van der Waals surface area contributed by atoms with Crippen molar-refractivity contribution in [3.8, 4) is 0 Å². The standard InChI is InChI=1S/C13H20BrFN2O/c1-13(2,16)9-17(5-6-18)8-10-7-11(14)3-4-12(10)15/h3-4,7,18H,5-6,8-9,16H2,1-2H3. The minimum Gasteiger partial charge on any atom is -0.395 e. The summed E-state index contributed by atoms with van der Waals surface area (Å²) in [7, 11) is 0. The number of hydrogen-bond acceptors (Lipinski definition) is 3. The van der Waals surface area contributed by atoms with Gasteiger partial charge in [0.05, 0.1) is 6.61 Å². The Hall–Kier alpha value is -0.490. The fourth-order valence-corrected chi connectivity index (χ4v) is 2.25. The molecule has 0 aliphatic carbocycles. The molecule has 0 aliphatic rings. The number of aliphatic hydroxyl groups is 1. The maximum absolute atomic E-state index is 13.7. The molecule has 0 spiro atoms. The van der Waals surface area contributed by atoms with Gasteiger partial charge in [0.1, 0.15) is 5.82 Å². The van der Waals surface area contributed by atoms with Crippen molar-refractivity contribution < 1.29 is 9.50 Å². The lowest BCUT2D eigenvalue weighted by Gasteiger charge is -2.29. The summed E-state index contributed by atoms with van der Waals surface area (Å²) in [6.07, 6.45) is 0. The van der Waals surface area contributed by atoms with E-state index in [4.69, 9.17) is 10.8 Å². The number of rotatable bonds is 6. The molecule has 1 rings (SSSR count). The average molecular weight is 319 g/mol. The summed E-state index contributed by atoms with van der Waals surface area (Å²) < 4.78 is 14.5. The molecule has 0 heterocycles. The Morgan fingerprint density at radius 1 is 1.44 bits per heavy atom. The van der Waals surface area contributed by atoms with Gasteiger partial charge in [0.25, 0.3) is 0 Å². The molecule has 0 atom stereocenters. The first-order valence-electron chi connectivity index (χ1n) is 5.88. The molecule has 1 aromatic carbocycles. The van der Waals surface area contributed by atoms with E-state index in [0.29, 0.717) is 25.2 Å². The first-order valence-corrected chi connectivity index (χ1v) is 6.67. The summed E-state index contributed by atoms with van der Waals surface area (Å²) in [6, 6.07) is 4.86. The van der Waals surface area contributed by atoms with Crippen molar-refractivity contribution >= 4 is 15.9 Å². The molecule has 0 saturated heterocycles. The maximum atomic E-state index is 13.7. The number of halogens is 2. The van der Waals surface area contributed by atoms with Crippen LogP contribution in [0.25, 0.3) is 0 Å². The Kier molecular flexibility index (Phi) is 5.72. The zero-order valence-electron chi connectivity index (χ0n) is 10.8. The molecule has 5 heteroatoms. The van der Waals surface area contributed by atoms with E-state index >= 15 is 0 Å². The summed E-state index contributed by atoms with van der Waals surface area (Å²) >= 11 is 3.33. The van der Waals surface area contributed by atoms with Gasteiger partial charge >= 0.3 is 0 Å². The molecule has 1 aromatic rings. The van der Waals surface area contributed by atoms with E-state index in [2.05, 4.69) is 15.9 Å². The quantitative estimate of drug-likeness (QED) is 0.844. The highest BCUT2D eigenvalue weighted by molar-refractivity contribution is 9.10. The maximum Gasteiger partial charge on any atom is 0.127 e. The fraction of sp³-hybridized carbons (Fsp3) is 0.538. The molecule has 0 radical (unpaired) electrons. The average Bonchev–Trinajstić information content (AvgIpc) is 2.21. The summed E-state index contributed by atoms with van der Waals surface area (Å²) in [5.41, 5.74) is 6.18. The predicted octanol–water partition coefficient (Wildman–Crippen LogP) is 2.12. The van der Waals surface area contributed by atoms with Crippen molar-refractivity contribution in [2.45, 2.75) is 25.9 Å². The number of nitrogens with two attached hydrogens (primary N) is 1. The second-order valence-electron chi connectivity index (χ2n) is 5.16. The van der Waals surface area contributed by atoms with Gasteiger partial charge in [-0.3, -0.25) is 4.90 Å². The third kappa shape index (κ3) is 5.44. The van der Waals surface area contributed by atoms with Crippen LogP contribution in [0.15, 0.2) is 22.7 Å². The van der Waals surface area contributed by atoms with Crippen molar-refractivity contribution in [2.75, 3.05) is 19.7 Å². The molecule has 0 unspecified atom stereocenters. The van der Waals surface area contributed by atoms with Crippen molar-refractivity contribution in [1.82, 2.24) is 4.90 Å². The van der Waals surface area contributed by atoms with E-state index in [1.807, 2.05) is 18.7 Å². The van der Waals surface area contributed by atoms with E-state index in [9.17, 15) is 4.39 Å². The van der Waals surface area contributed by atoms with Crippen LogP contribution in [0.2, 0.25) is 0 Å². The summed E-state index contributed by atoms with van der Waals surface area (Å²) in [5, 5.41) is 9.05. The van der Waals surface area contributed by atoms with Gasteiger partial charge in [-0.15, -0.1) is 0 Å². The van der Waals surface area contributed by atoms with E-state index in [0.717, 1.165) is 4.47 Å². The second-order valence-corrected chi connectivity index (χ2v) is 6.07. The zero-order valence-corrected chi connectivity index (χ0v) is 12.4. The van der Waals surface area contributed by atoms with Gasteiger partial charge in [-0.2, -0.15) is 0 Å². The lowest BCUT2D eigenvalue weighted by molar-refractivity contribution is 0.165. The van der Waals surface area contributed by atoms with Gasteiger partial charge in [0.2, 0.25) is 0 Å². The Balaban J connectivity index is 2.79. The normalized spacial score (nSPS) is 12.2. The van der Waals surface area contributed by atoms with Gasteiger partial charge < -0.3 is 10.8 Å². The molecule has 0 bridgehead atoms. The van der Waals surface area contributed by atoms with Crippen molar-refractivity contribution in [3.63, 3.8) is 0 Å². The molecule has 3 nitrogen and oxygen atoms in total. The number of aliphatic hydroxyl groups excluding tert-OH is 1. The monoisotopic (exact) mass is 318 g/mol. The topological polar surface area (TPSA) is 49.5 Å². The minimum atomic E-state index is -0.377. The number of nitrogens with zero attached hydrogens (tertiary/aromatic N) is 1. The third-order valence-electron chi connectivity index (χ3n) is 2.45. The highest BCUT2D eigenvalue weighted by atomic mass is 79.9. The Morgan fingerprint density at radius 3 is 2.67 bits per heavy atom. The molecule has 0 fully saturated rings. The van der Waals surface area contributed by atoms with Crippen LogP contribution in [0.4, 0.5) is 4.39 Å². The molecule has 102 valence electrons. The lowest BCUT2D eigenvalue weighted by atomic mass is 10.1. The summed E-state index contributed by atoms with van der Waals surface area (Å²) in [6.45, 7) is 5.37. The molecule has 0 saturated carbocycles. The second kappa shape index (κ2) is 6.61. The van der Waals surface area contributed by atoms with Crippen molar-refractivity contribution in [3.05, 3.63) is 34.1 Å². The number of benzene rings is 1. The Labute approximate surface area is 116 Å². The van der Waals surface area contributed by atoms with Crippen LogP contribution >= 0.6 is 15.9 Å². The molecule has 0 aromatic heterocycles. The van der Waals surface area contributed by atoms with Gasteiger partial charge in [-0.05, 0) is 32.0 Å². The van der Waals surface area contributed by atoms with Gasteiger partial charge in [0, 0.05) is 35.2 Å². The minimum absolute atomic E-state index is 0.0334. The largest absolute Gasteiger partial charge is 0.395 e. The molecule has 3 N–H and O–H groups in total. The predicted molar refractivity (Wildman–Crippen MR) is 74.7 cm³/mol. The highest BCUT2D eigenvalue weighted by Crippen LogP contribution is 2.18. The van der Waals surface area contributed by atoms with E-state index in [1.165, 1.54) is 6.07 Å². The Bertz CT molecular complexity index is 393. The van der Waals surface area contributed by atoms with Crippen LogP contribution in [0.3, 0.4) is 0 Å². The molecular formula is C13H20BrFN2O. The van der Waals surface area contributed by atoms with Gasteiger partial charge in [0.15, 0.2) is 0 Å². The lowest BCUT2D eigenvalue weighted by Crippen LogP contribution is -2.46. The van der Waals surface area contributed by atoms with Crippen molar-refractivity contribution in [1.29, 1.82) is 0 Å². The van der Waals surface area contributed by atoms with Crippen molar-refractivity contribution in [2.24, 2.45) is 5.73 Å². The first-order chi connectivity index (χ1) is 8.31. The first kappa shape index (κ1) is 15.6. The van der Waals surface area contributed by atoms with Crippen LogP contribution < -0.4 is 5.73 Å².